The zero-order chi connectivity index (χ0) is 28.5. The number of halogens is 6. The third kappa shape index (κ3) is 6.65. The van der Waals surface area contributed by atoms with Crippen LogP contribution in [0.2, 0.25) is 0 Å². The first kappa shape index (κ1) is 28.7. The van der Waals surface area contributed by atoms with Crippen LogP contribution in [0.15, 0.2) is 34.6 Å². The van der Waals surface area contributed by atoms with E-state index in [4.69, 9.17) is 12.2 Å². The molecule has 17 heteroatoms. The molecular formula is C22H16F6N6O2S3. The second kappa shape index (κ2) is 11.1. The van der Waals surface area contributed by atoms with Crippen LogP contribution in [-0.2, 0) is 28.5 Å². The summed E-state index contributed by atoms with van der Waals surface area (Å²) in [7, 11) is 0. The second-order valence-corrected chi connectivity index (χ2v) is 10.7. The van der Waals surface area contributed by atoms with E-state index in [1.54, 1.807) is 6.92 Å². The van der Waals surface area contributed by atoms with Crippen LogP contribution in [0.4, 0.5) is 26.3 Å². The van der Waals surface area contributed by atoms with Gasteiger partial charge >= 0.3 is 12.4 Å². The smallest absolute Gasteiger partial charge is 0.349 e. The molecule has 1 aliphatic rings. The van der Waals surface area contributed by atoms with Gasteiger partial charge in [0.2, 0.25) is 5.91 Å². The average Bonchev–Trinajstić information content (AvgIpc) is 3.61. The maximum absolute atomic E-state index is 13.3. The number of alkyl halides is 6. The third-order valence-electron chi connectivity index (χ3n) is 5.48. The quantitative estimate of drug-likeness (QED) is 0.215. The van der Waals surface area contributed by atoms with Crippen molar-refractivity contribution in [2.24, 2.45) is 0 Å². The van der Waals surface area contributed by atoms with E-state index in [1.807, 2.05) is 0 Å². The zero-order valence-corrected chi connectivity index (χ0v) is 22.1. The number of H-pyrrole nitrogens is 1. The van der Waals surface area contributed by atoms with Crippen molar-refractivity contribution in [2.75, 3.05) is 6.54 Å². The van der Waals surface area contributed by atoms with Gasteiger partial charge in [-0.15, -0.1) is 21.5 Å². The van der Waals surface area contributed by atoms with Gasteiger partial charge < -0.3 is 5.32 Å². The standard InChI is InChI=1S/C22H16F6N6O2S3/c1-10(18-19(36)34(20(37)39-18)3-2-17(35)29-8-16-30-32-33-31-16)15-6-12(9-38-15)11-4-13(21(23,24)25)7-14(5-11)22(26,27)28/h4-7,9H,2-3,8H2,1H3,(H,29,35)(H,30,31,32,33)/b18-10-. The molecule has 3 aromatic rings. The predicted octanol–water partition coefficient (Wildman–Crippen LogP) is 5.26. The number of nitrogens with zero attached hydrogens (tertiary/aromatic N) is 4. The molecule has 206 valence electrons. The summed E-state index contributed by atoms with van der Waals surface area (Å²) in [6.45, 7) is 1.65. The first-order valence-corrected chi connectivity index (χ1v) is 13.0. The van der Waals surface area contributed by atoms with Crippen LogP contribution in [0, 0.1) is 0 Å². The van der Waals surface area contributed by atoms with Crippen molar-refractivity contribution >= 4 is 57.0 Å². The van der Waals surface area contributed by atoms with Crippen LogP contribution in [0.3, 0.4) is 0 Å². The number of amides is 2. The Balaban J connectivity index is 1.51. The summed E-state index contributed by atoms with van der Waals surface area (Å²) in [6, 6.07) is 2.80. The van der Waals surface area contributed by atoms with Crippen molar-refractivity contribution in [3.63, 3.8) is 0 Å². The Morgan fingerprint density at radius 3 is 2.33 bits per heavy atom. The third-order valence-corrected chi connectivity index (χ3v) is 8.08. The number of thiophene rings is 1. The molecule has 0 saturated carbocycles. The number of benzene rings is 1. The Hall–Kier alpha value is -3.31. The summed E-state index contributed by atoms with van der Waals surface area (Å²) in [5, 5.41) is 17.0. The topological polar surface area (TPSA) is 104 Å². The molecule has 2 aromatic heterocycles. The van der Waals surface area contributed by atoms with Gasteiger partial charge in [-0.1, -0.05) is 29.2 Å². The maximum Gasteiger partial charge on any atom is 0.416 e. The number of aromatic amines is 1. The molecule has 2 amide bonds. The highest BCUT2D eigenvalue weighted by Crippen LogP contribution is 2.42. The van der Waals surface area contributed by atoms with E-state index >= 15 is 0 Å². The molecule has 0 radical (unpaired) electrons. The number of nitrogens with one attached hydrogen (secondary N) is 2. The van der Waals surface area contributed by atoms with Crippen LogP contribution in [0.5, 0.6) is 0 Å². The Bertz CT molecular complexity index is 1420. The van der Waals surface area contributed by atoms with Crippen LogP contribution in [-0.4, -0.2) is 48.2 Å². The Labute approximate surface area is 229 Å². The summed E-state index contributed by atoms with van der Waals surface area (Å²) in [6.07, 6.45) is -10.00. The summed E-state index contributed by atoms with van der Waals surface area (Å²) in [5.41, 5.74) is -2.50. The van der Waals surface area contributed by atoms with Crippen molar-refractivity contribution in [1.82, 2.24) is 30.8 Å². The van der Waals surface area contributed by atoms with Crippen LogP contribution in [0.1, 0.15) is 35.2 Å². The van der Waals surface area contributed by atoms with E-state index in [9.17, 15) is 35.9 Å². The number of tetrazole rings is 1. The monoisotopic (exact) mass is 606 g/mol. The number of carbonyl (C=O) groups is 2. The molecule has 0 bridgehead atoms. The first-order chi connectivity index (χ1) is 18.2. The van der Waals surface area contributed by atoms with Gasteiger partial charge in [-0.25, -0.2) is 0 Å². The van der Waals surface area contributed by atoms with Gasteiger partial charge in [0, 0.05) is 17.8 Å². The van der Waals surface area contributed by atoms with Gasteiger partial charge in [0.05, 0.1) is 22.6 Å². The number of aromatic nitrogens is 4. The molecule has 1 aliphatic heterocycles. The lowest BCUT2D eigenvalue weighted by Gasteiger charge is -2.14. The fourth-order valence-electron chi connectivity index (χ4n) is 3.48. The molecule has 0 atom stereocenters. The molecule has 0 spiro atoms. The first-order valence-electron chi connectivity index (χ1n) is 10.9. The second-order valence-electron chi connectivity index (χ2n) is 8.13. The van der Waals surface area contributed by atoms with Crippen molar-refractivity contribution in [1.29, 1.82) is 0 Å². The van der Waals surface area contributed by atoms with Gasteiger partial charge in [-0.3, -0.25) is 14.5 Å². The van der Waals surface area contributed by atoms with Gasteiger partial charge in [0.1, 0.15) is 4.32 Å². The summed E-state index contributed by atoms with van der Waals surface area (Å²) in [5.74, 6) is -0.554. The summed E-state index contributed by atoms with van der Waals surface area (Å²) < 4.78 is 79.8. The fraction of sp³-hybridized carbons (Fsp3) is 0.273. The number of thioether (sulfide) groups is 1. The van der Waals surface area contributed by atoms with E-state index in [2.05, 4.69) is 25.9 Å². The number of hydrogen-bond donors (Lipinski definition) is 2. The Kier molecular flexibility index (Phi) is 8.13. The summed E-state index contributed by atoms with van der Waals surface area (Å²) >= 11 is 7.35. The van der Waals surface area contributed by atoms with Crippen LogP contribution in [0.25, 0.3) is 16.7 Å². The molecule has 8 nitrogen and oxygen atoms in total. The fourth-order valence-corrected chi connectivity index (χ4v) is 5.82. The van der Waals surface area contributed by atoms with Crippen molar-refractivity contribution in [3.8, 4) is 11.1 Å². The van der Waals surface area contributed by atoms with Gasteiger partial charge in [0.25, 0.3) is 5.91 Å². The number of carbonyl (C=O) groups excluding carboxylic acids is 2. The van der Waals surface area contributed by atoms with E-state index in [0.717, 1.165) is 23.1 Å². The van der Waals surface area contributed by atoms with Crippen LogP contribution < -0.4 is 5.32 Å². The van der Waals surface area contributed by atoms with Crippen molar-refractivity contribution in [3.05, 3.63) is 56.4 Å². The average molecular weight is 607 g/mol. The number of thiocarbonyl (C=S) groups is 1. The molecule has 2 N–H and O–H groups in total. The van der Waals surface area contributed by atoms with Crippen molar-refractivity contribution < 1.29 is 35.9 Å². The molecule has 3 heterocycles. The molecule has 0 unspecified atom stereocenters. The summed E-state index contributed by atoms with van der Waals surface area (Å²) in [4.78, 5) is 27.1. The van der Waals surface area contributed by atoms with Gasteiger partial charge in [-0.05, 0) is 53.3 Å². The highest BCUT2D eigenvalue weighted by molar-refractivity contribution is 8.26. The predicted molar refractivity (Wildman–Crippen MR) is 135 cm³/mol. The highest BCUT2D eigenvalue weighted by atomic mass is 32.2. The Morgan fingerprint density at radius 2 is 1.74 bits per heavy atom. The van der Waals surface area contributed by atoms with E-state index < -0.39 is 29.4 Å². The molecule has 4 rings (SSSR count). The number of allylic oxidation sites excluding steroid dienone is 1. The molecular weight excluding hydrogens is 590 g/mol. The lowest BCUT2D eigenvalue weighted by Crippen LogP contribution is -2.33. The molecule has 39 heavy (non-hydrogen) atoms. The minimum atomic E-state index is -4.97. The van der Waals surface area contributed by atoms with E-state index in [0.29, 0.717) is 22.6 Å². The highest BCUT2D eigenvalue weighted by Gasteiger charge is 2.37. The minimum absolute atomic E-state index is 0.000329. The zero-order valence-electron chi connectivity index (χ0n) is 19.6. The van der Waals surface area contributed by atoms with Gasteiger partial charge in [0.15, 0.2) is 5.82 Å². The number of rotatable bonds is 7. The largest absolute Gasteiger partial charge is 0.416 e. The molecule has 1 saturated heterocycles. The molecule has 0 aliphatic carbocycles. The lowest BCUT2D eigenvalue weighted by atomic mass is 10.0. The molecule has 1 aromatic carbocycles. The SMILES string of the molecule is C/C(=C1/SC(=S)N(CCC(=O)NCc2nn[nH]n2)C1=O)c1cc(-c2cc(C(F)(F)F)cc(C(F)(F)F)c2)cs1. The maximum atomic E-state index is 13.3. The lowest BCUT2D eigenvalue weighted by molar-refractivity contribution is -0.143. The molecule has 1 fully saturated rings. The van der Waals surface area contributed by atoms with Crippen molar-refractivity contribution in [2.45, 2.75) is 32.2 Å². The number of hydrogen-bond acceptors (Lipinski definition) is 8. The minimum Gasteiger partial charge on any atom is -0.349 e. The van der Waals surface area contributed by atoms with E-state index in [1.165, 1.54) is 16.3 Å². The van der Waals surface area contributed by atoms with Gasteiger partial charge in [-0.2, -0.15) is 31.6 Å². The Morgan fingerprint density at radius 1 is 1.08 bits per heavy atom. The van der Waals surface area contributed by atoms with E-state index in [-0.39, 0.29) is 57.7 Å². The van der Waals surface area contributed by atoms with Crippen LogP contribution >= 0.6 is 35.3 Å². The normalized spacial score (nSPS) is 15.7.